The molecule has 0 radical (unpaired) electrons. The number of ether oxygens (including phenoxy) is 1. The molecule has 2 rings (SSSR count). The highest BCUT2D eigenvalue weighted by molar-refractivity contribution is 5.94. The molecule has 1 aromatic rings. The molecule has 2 atom stereocenters. The Morgan fingerprint density at radius 1 is 1.39 bits per heavy atom. The van der Waals surface area contributed by atoms with Crippen molar-refractivity contribution in [3.8, 4) is 0 Å². The van der Waals surface area contributed by atoms with Crippen LogP contribution >= 0.6 is 0 Å². The summed E-state index contributed by atoms with van der Waals surface area (Å²) in [5, 5.41) is 18.1. The van der Waals surface area contributed by atoms with Crippen molar-refractivity contribution in [2.45, 2.75) is 38.9 Å². The van der Waals surface area contributed by atoms with E-state index in [0.717, 1.165) is 11.3 Å². The van der Waals surface area contributed by atoms with Gasteiger partial charge in [-0.1, -0.05) is 0 Å². The molecule has 2 heterocycles. The van der Waals surface area contributed by atoms with Crippen LogP contribution in [0.2, 0.25) is 0 Å². The Bertz CT molecular complexity index is 483. The topological polar surface area (TPSA) is 104 Å². The van der Waals surface area contributed by atoms with Crippen molar-refractivity contribution in [1.82, 2.24) is 10.2 Å². The molecule has 3 N–H and O–H groups in total. The Labute approximate surface area is 104 Å². The van der Waals surface area contributed by atoms with Crippen LogP contribution in [0.1, 0.15) is 24.1 Å². The number of carboxylic acids is 1. The largest absolute Gasteiger partial charge is 0.479 e. The number of aromatic amines is 1. The number of aryl methyl sites for hydroxylation is 1. The molecule has 1 amide bonds. The molecular weight excluding hydrogens is 238 g/mol. The summed E-state index contributed by atoms with van der Waals surface area (Å²) in [6.45, 7) is 3.69. The SMILES string of the molecule is Cc1[nH]nc(NC(=O)[C@@H]2CC[C@H](C(=O)O)O2)c1C. The van der Waals surface area contributed by atoms with E-state index in [9.17, 15) is 9.59 Å². The van der Waals surface area contributed by atoms with E-state index in [-0.39, 0.29) is 5.91 Å². The average molecular weight is 253 g/mol. The number of nitrogens with zero attached hydrogens (tertiary/aromatic N) is 1. The summed E-state index contributed by atoms with van der Waals surface area (Å²) >= 11 is 0. The van der Waals surface area contributed by atoms with E-state index in [2.05, 4.69) is 15.5 Å². The monoisotopic (exact) mass is 253 g/mol. The lowest BCUT2D eigenvalue weighted by Gasteiger charge is -2.10. The van der Waals surface area contributed by atoms with Crippen LogP contribution in [-0.2, 0) is 14.3 Å². The van der Waals surface area contributed by atoms with E-state index in [4.69, 9.17) is 9.84 Å². The van der Waals surface area contributed by atoms with Gasteiger partial charge in [0.1, 0.15) is 6.10 Å². The minimum Gasteiger partial charge on any atom is -0.479 e. The van der Waals surface area contributed by atoms with E-state index >= 15 is 0 Å². The summed E-state index contributed by atoms with van der Waals surface area (Å²) in [7, 11) is 0. The summed E-state index contributed by atoms with van der Waals surface area (Å²) < 4.78 is 5.15. The number of hydrogen-bond acceptors (Lipinski definition) is 4. The van der Waals surface area contributed by atoms with Crippen LogP contribution in [0.15, 0.2) is 0 Å². The number of hydrogen-bond donors (Lipinski definition) is 3. The highest BCUT2D eigenvalue weighted by Gasteiger charge is 2.35. The first-order valence-electron chi connectivity index (χ1n) is 5.69. The van der Waals surface area contributed by atoms with Gasteiger partial charge in [0.05, 0.1) is 0 Å². The van der Waals surface area contributed by atoms with Crippen molar-refractivity contribution in [1.29, 1.82) is 0 Å². The minimum absolute atomic E-state index is 0.353. The molecule has 0 unspecified atom stereocenters. The Morgan fingerprint density at radius 2 is 2.06 bits per heavy atom. The molecule has 0 bridgehead atoms. The zero-order valence-electron chi connectivity index (χ0n) is 10.2. The second-order valence-electron chi connectivity index (χ2n) is 4.34. The molecule has 1 fully saturated rings. The van der Waals surface area contributed by atoms with E-state index < -0.39 is 18.2 Å². The predicted octanol–water partition coefficient (Wildman–Crippen LogP) is 0.597. The van der Waals surface area contributed by atoms with Crippen LogP contribution in [-0.4, -0.2) is 39.4 Å². The fourth-order valence-corrected chi connectivity index (χ4v) is 1.82. The maximum Gasteiger partial charge on any atom is 0.332 e. The van der Waals surface area contributed by atoms with Crippen molar-refractivity contribution in [2.75, 3.05) is 5.32 Å². The van der Waals surface area contributed by atoms with Gasteiger partial charge < -0.3 is 15.2 Å². The molecule has 1 aliphatic heterocycles. The van der Waals surface area contributed by atoms with Crippen LogP contribution < -0.4 is 5.32 Å². The number of nitrogens with one attached hydrogen (secondary N) is 2. The first-order chi connectivity index (χ1) is 8.49. The van der Waals surface area contributed by atoms with E-state index in [1.54, 1.807) is 0 Å². The Kier molecular flexibility index (Phi) is 3.33. The van der Waals surface area contributed by atoms with Crippen molar-refractivity contribution in [3.05, 3.63) is 11.3 Å². The van der Waals surface area contributed by atoms with Gasteiger partial charge in [-0.2, -0.15) is 5.10 Å². The summed E-state index contributed by atoms with van der Waals surface area (Å²) in [6.07, 6.45) is -0.845. The third-order valence-corrected chi connectivity index (χ3v) is 3.08. The van der Waals surface area contributed by atoms with Crippen LogP contribution in [0.4, 0.5) is 5.82 Å². The number of H-pyrrole nitrogens is 1. The molecule has 18 heavy (non-hydrogen) atoms. The van der Waals surface area contributed by atoms with Crippen LogP contribution in [0, 0.1) is 13.8 Å². The minimum atomic E-state index is -1.03. The maximum atomic E-state index is 11.9. The van der Waals surface area contributed by atoms with Gasteiger partial charge in [-0.15, -0.1) is 0 Å². The number of carbonyl (C=O) groups excluding carboxylic acids is 1. The molecule has 0 saturated carbocycles. The molecular formula is C11H15N3O4. The molecule has 0 aromatic carbocycles. The van der Waals surface area contributed by atoms with Crippen molar-refractivity contribution < 1.29 is 19.4 Å². The number of carboxylic acid groups (broad SMARTS) is 1. The van der Waals surface area contributed by atoms with Crippen LogP contribution in [0.25, 0.3) is 0 Å². The molecule has 0 aliphatic carbocycles. The average Bonchev–Trinajstić information content (AvgIpc) is 2.91. The first kappa shape index (κ1) is 12.6. The fourth-order valence-electron chi connectivity index (χ4n) is 1.82. The fraction of sp³-hybridized carbons (Fsp3) is 0.545. The van der Waals surface area contributed by atoms with Gasteiger partial charge >= 0.3 is 5.97 Å². The summed E-state index contributed by atoms with van der Waals surface area (Å²) in [6, 6.07) is 0. The molecule has 0 spiro atoms. The third kappa shape index (κ3) is 2.35. The smallest absolute Gasteiger partial charge is 0.332 e. The van der Waals surface area contributed by atoms with Gasteiger partial charge in [-0.25, -0.2) is 4.79 Å². The number of amides is 1. The first-order valence-corrected chi connectivity index (χ1v) is 5.69. The van der Waals surface area contributed by atoms with Gasteiger partial charge in [0.2, 0.25) is 0 Å². The second-order valence-corrected chi connectivity index (χ2v) is 4.34. The van der Waals surface area contributed by atoms with Gasteiger partial charge in [0.15, 0.2) is 11.9 Å². The van der Waals surface area contributed by atoms with Crippen LogP contribution in [0.3, 0.4) is 0 Å². The molecule has 1 aliphatic rings. The lowest BCUT2D eigenvalue weighted by molar-refractivity contribution is -0.150. The molecule has 1 aromatic heterocycles. The van der Waals surface area contributed by atoms with Crippen molar-refractivity contribution in [3.63, 3.8) is 0 Å². The van der Waals surface area contributed by atoms with Gasteiger partial charge in [0.25, 0.3) is 5.91 Å². The number of aromatic nitrogens is 2. The quantitative estimate of drug-likeness (QED) is 0.731. The molecule has 7 heteroatoms. The van der Waals surface area contributed by atoms with E-state index in [0.29, 0.717) is 18.7 Å². The standard InChI is InChI=1S/C11H15N3O4/c1-5-6(2)13-14-9(5)12-10(15)7-3-4-8(18-7)11(16)17/h7-8H,3-4H2,1-2H3,(H,16,17)(H2,12,13,14,15)/t7-,8+/m0/s1. The summed E-state index contributed by atoms with van der Waals surface area (Å²) in [5.41, 5.74) is 1.73. The maximum absolute atomic E-state index is 11.9. The Balaban J connectivity index is 1.97. The number of rotatable bonds is 3. The van der Waals surface area contributed by atoms with Gasteiger partial charge in [-0.3, -0.25) is 9.89 Å². The highest BCUT2D eigenvalue weighted by atomic mass is 16.5. The third-order valence-electron chi connectivity index (χ3n) is 3.08. The van der Waals surface area contributed by atoms with Crippen molar-refractivity contribution >= 4 is 17.7 Å². The van der Waals surface area contributed by atoms with Gasteiger partial charge in [0, 0.05) is 11.3 Å². The van der Waals surface area contributed by atoms with E-state index in [1.807, 2.05) is 13.8 Å². The summed E-state index contributed by atoms with van der Waals surface area (Å²) in [5.74, 6) is -0.926. The predicted molar refractivity (Wildman–Crippen MR) is 62.2 cm³/mol. The Hall–Kier alpha value is -1.89. The lowest BCUT2D eigenvalue weighted by atomic mass is 10.2. The molecule has 7 nitrogen and oxygen atoms in total. The number of anilines is 1. The summed E-state index contributed by atoms with van der Waals surface area (Å²) in [4.78, 5) is 22.6. The molecule has 98 valence electrons. The second kappa shape index (κ2) is 4.77. The number of carbonyl (C=O) groups is 2. The van der Waals surface area contributed by atoms with Gasteiger partial charge in [-0.05, 0) is 26.7 Å². The van der Waals surface area contributed by atoms with Crippen LogP contribution in [0.5, 0.6) is 0 Å². The lowest BCUT2D eigenvalue weighted by Crippen LogP contribution is -2.30. The zero-order chi connectivity index (χ0) is 13.3. The van der Waals surface area contributed by atoms with E-state index in [1.165, 1.54) is 0 Å². The zero-order valence-corrected chi connectivity index (χ0v) is 10.2. The van der Waals surface area contributed by atoms with Crippen molar-refractivity contribution in [2.24, 2.45) is 0 Å². The Morgan fingerprint density at radius 3 is 2.56 bits per heavy atom. The number of aliphatic carboxylic acids is 1. The molecule has 1 saturated heterocycles. The highest BCUT2D eigenvalue weighted by Crippen LogP contribution is 2.22. The normalized spacial score (nSPS) is 23.0.